The molecule has 0 radical (unpaired) electrons. The molecule has 0 saturated carbocycles. The Morgan fingerprint density at radius 1 is 1.18 bits per heavy atom. The summed E-state index contributed by atoms with van der Waals surface area (Å²) >= 11 is 0. The lowest BCUT2D eigenvalue weighted by molar-refractivity contribution is 0.438. The third kappa shape index (κ3) is 9.47. The first-order chi connectivity index (χ1) is 5.27. The van der Waals surface area contributed by atoms with Crippen LogP contribution in [0.2, 0.25) is 0 Å². The van der Waals surface area contributed by atoms with Gasteiger partial charge in [-0.25, -0.2) is 0 Å². The van der Waals surface area contributed by atoms with Crippen molar-refractivity contribution in [1.29, 1.82) is 0 Å². The van der Waals surface area contributed by atoms with Crippen LogP contribution in [-0.2, 0) is 0 Å². The van der Waals surface area contributed by atoms with Crippen molar-refractivity contribution in [3.63, 3.8) is 0 Å². The van der Waals surface area contributed by atoms with E-state index in [0.717, 1.165) is 6.42 Å². The Morgan fingerprint density at radius 3 is 2.45 bits per heavy atom. The second-order valence-corrected chi connectivity index (χ2v) is 2.99. The Kier molecular flexibility index (Phi) is 7.21. The Labute approximate surface area is 70.3 Å². The molecule has 0 aliphatic rings. The maximum absolute atomic E-state index is 4.13. The molecule has 0 aromatic heterocycles. The fourth-order valence-corrected chi connectivity index (χ4v) is 0.883. The van der Waals surface area contributed by atoms with Crippen molar-refractivity contribution in [1.82, 2.24) is 5.01 Å². The van der Waals surface area contributed by atoms with Gasteiger partial charge in [0, 0.05) is 20.3 Å². The molecule has 0 atom stereocenters. The van der Waals surface area contributed by atoms with E-state index in [0.29, 0.717) is 0 Å². The zero-order valence-electron chi connectivity index (χ0n) is 8.01. The Balaban J connectivity index is 3.01. The summed E-state index contributed by atoms with van der Waals surface area (Å²) in [6.07, 6.45) is 8.41. The minimum Gasteiger partial charge on any atom is -0.303 e. The number of hydrazone groups is 1. The van der Waals surface area contributed by atoms with Gasteiger partial charge in [-0.15, -0.1) is 0 Å². The van der Waals surface area contributed by atoms with Crippen LogP contribution in [0.15, 0.2) is 5.10 Å². The molecule has 0 fully saturated rings. The van der Waals surface area contributed by atoms with Crippen LogP contribution in [0.1, 0.15) is 39.0 Å². The highest BCUT2D eigenvalue weighted by Crippen LogP contribution is 2.00. The molecule has 0 amide bonds. The third-order valence-electron chi connectivity index (χ3n) is 1.50. The number of unbranched alkanes of at least 4 members (excludes halogenated alkanes) is 4. The summed E-state index contributed by atoms with van der Waals surface area (Å²) in [7, 11) is 3.89. The lowest BCUT2D eigenvalue weighted by Crippen LogP contribution is -2.01. The van der Waals surface area contributed by atoms with Crippen LogP contribution >= 0.6 is 0 Å². The molecule has 0 aromatic rings. The zero-order valence-corrected chi connectivity index (χ0v) is 8.01. The molecule has 0 aliphatic heterocycles. The topological polar surface area (TPSA) is 15.6 Å². The molecule has 0 rings (SSSR count). The van der Waals surface area contributed by atoms with Gasteiger partial charge in [0.15, 0.2) is 0 Å². The van der Waals surface area contributed by atoms with Crippen molar-refractivity contribution in [2.45, 2.75) is 39.0 Å². The van der Waals surface area contributed by atoms with E-state index in [1.165, 1.54) is 25.7 Å². The van der Waals surface area contributed by atoms with Crippen molar-refractivity contribution >= 4 is 6.21 Å². The van der Waals surface area contributed by atoms with Crippen LogP contribution in [0.25, 0.3) is 0 Å². The van der Waals surface area contributed by atoms with Gasteiger partial charge in [-0.2, -0.15) is 5.10 Å². The molecule has 2 nitrogen and oxygen atoms in total. The Hall–Kier alpha value is -0.530. The summed E-state index contributed by atoms with van der Waals surface area (Å²) in [5, 5.41) is 5.96. The predicted octanol–water partition coefficient (Wildman–Crippen LogP) is 2.50. The first-order valence-electron chi connectivity index (χ1n) is 4.47. The summed E-state index contributed by atoms with van der Waals surface area (Å²) in [4.78, 5) is 0. The van der Waals surface area contributed by atoms with Gasteiger partial charge in [-0.1, -0.05) is 26.2 Å². The van der Waals surface area contributed by atoms with Crippen molar-refractivity contribution in [2.75, 3.05) is 14.1 Å². The number of hydrogen-bond acceptors (Lipinski definition) is 2. The van der Waals surface area contributed by atoms with E-state index in [9.17, 15) is 0 Å². The van der Waals surface area contributed by atoms with Crippen molar-refractivity contribution < 1.29 is 0 Å². The van der Waals surface area contributed by atoms with Gasteiger partial charge < -0.3 is 5.01 Å². The van der Waals surface area contributed by atoms with Gasteiger partial charge in [0.05, 0.1) is 0 Å². The van der Waals surface area contributed by atoms with Crippen LogP contribution in [0, 0.1) is 0 Å². The van der Waals surface area contributed by atoms with Crippen LogP contribution in [-0.4, -0.2) is 25.3 Å². The maximum atomic E-state index is 4.13. The second kappa shape index (κ2) is 7.58. The molecule has 0 N–H and O–H groups in total. The third-order valence-corrected chi connectivity index (χ3v) is 1.50. The van der Waals surface area contributed by atoms with E-state index in [1.54, 1.807) is 0 Å². The molecular formula is C9H20N2. The monoisotopic (exact) mass is 156 g/mol. The molecule has 2 heteroatoms. The van der Waals surface area contributed by atoms with Gasteiger partial charge >= 0.3 is 0 Å². The molecule has 0 unspecified atom stereocenters. The standard InChI is InChI=1S/C9H20N2/c1-4-5-6-7-8-9-10-11(2)3/h9H,4-8H2,1-3H3/b10-9-. The molecule has 0 aliphatic carbocycles. The van der Waals surface area contributed by atoms with Crippen LogP contribution < -0.4 is 0 Å². The Morgan fingerprint density at radius 2 is 1.91 bits per heavy atom. The van der Waals surface area contributed by atoms with Gasteiger partial charge in [0.25, 0.3) is 0 Å². The largest absolute Gasteiger partial charge is 0.303 e. The van der Waals surface area contributed by atoms with Gasteiger partial charge in [-0.05, 0) is 12.8 Å². The van der Waals surface area contributed by atoms with E-state index >= 15 is 0 Å². The lowest BCUT2D eigenvalue weighted by atomic mass is 10.2. The molecule has 11 heavy (non-hydrogen) atoms. The van der Waals surface area contributed by atoms with Crippen LogP contribution in [0.4, 0.5) is 0 Å². The highest BCUT2D eigenvalue weighted by molar-refractivity contribution is 5.56. The molecule has 0 aromatic carbocycles. The number of hydrogen-bond donors (Lipinski definition) is 0. The van der Waals surface area contributed by atoms with E-state index in [-0.39, 0.29) is 0 Å². The highest BCUT2D eigenvalue weighted by atomic mass is 15.4. The van der Waals surface area contributed by atoms with E-state index in [1.807, 2.05) is 25.3 Å². The molecule has 0 spiro atoms. The fourth-order valence-electron chi connectivity index (χ4n) is 0.883. The first-order valence-corrected chi connectivity index (χ1v) is 4.47. The molecule has 0 heterocycles. The minimum atomic E-state index is 1.12. The molecule has 0 saturated heterocycles. The van der Waals surface area contributed by atoms with Crippen LogP contribution in [0.5, 0.6) is 0 Å². The molecule has 0 bridgehead atoms. The number of rotatable bonds is 6. The molecular weight excluding hydrogens is 136 g/mol. The fraction of sp³-hybridized carbons (Fsp3) is 0.889. The van der Waals surface area contributed by atoms with E-state index in [4.69, 9.17) is 0 Å². The average Bonchev–Trinajstić information content (AvgIpc) is 1.96. The summed E-state index contributed by atoms with van der Waals surface area (Å²) in [6.45, 7) is 2.23. The van der Waals surface area contributed by atoms with Crippen molar-refractivity contribution in [3.8, 4) is 0 Å². The molecule has 66 valence electrons. The maximum Gasteiger partial charge on any atom is 0.0244 e. The lowest BCUT2D eigenvalue weighted by Gasteiger charge is -2.01. The van der Waals surface area contributed by atoms with Crippen LogP contribution in [0.3, 0.4) is 0 Å². The van der Waals surface area contributed by atoms with Crippen molar-refractivity contribution in [2.24, 2.45) is 5.10 Å². The van der Waals surface area contributed by atoms with Crippen molar-refractivity contribution in [3.05, 3.63) is 0 Å². The Bertz CT molecular complexity index is 97.7. The average molecular weight is 156 g/mol. The normalized spacial score (nSPS) is 10.8. The highest BCUT2D eigenvalue weighted by Gasteiger charge is 1.84. The smallest absolute Gasteiger partial charge is 0.0244 e. The first kappa shape index (κ1) is 10.5. The SMILES string of the molecule is CCCCCC/C=N\N(C)C. The quantitative estimate of drug-likeness (QED) is 0.328. The summed E-state index contributed by atoms with van der Waals surface area (Å²) in [5.41, 5.74) is 0. The minimum absolute atomic E-state index is 1.12. The second-order valence-electron chi connectivity index (χ2n) is 2.99. The predicted molar refractivity (Wildman–Crippen MR) is 50.9 cm³/mol. The summed E-state index contributed by atoms with van der Waals surface area (Å²) < 4.78 is 0. The van der Waals surface area contributed by atoms with E-state index < -0.39 is 0 Å². The van der Waals surface area contributed by atoms with Gasteiger partial charge in [0.2, 0.25) is 0 Å². The van der Waals surface area contributed by atoms with Gasteiger partial charge in [0.1, 0.15) is 0 Å². The van der Waals surface area contributed by atoms with Gasteiger partial charge in [-0.3, -0.25) is 0 Å². The zero-order chi connectivity index (χ0) is 8.53. The summed E-state index contributed by atoms with van der Waals surface area (Å²) in [5.74, 6) is 0. The van der Waals surface area contributed by atoms with E-state index in [2.05, 4.69) is 12.0 Å². The summed E-state index contributed by atoms with van der Waals surface area (Å²) in [6, 6.07) is 0. The number of nitrogens with zero attached hydrogens (tertiary/aromatic N) is 2.